The van der Waals surface area contributed by atoms with Gasteiger partial charge in [-0.2, -0.15) is 0 Å². The molecule has 0 bridgehead atoms. The van der Waals surface area contributed by atoms with Crippen molar-refractivity contribution in [1.29, 1.82) is 0 Å². The molecule has 0 spiro atoms. The lowest BCUT2D eigenvalue weighted by Gasteiger charge is -2.13. The third-order valence-electron chi connectivity index (χ3n) is 3.25. The highest BCUT2D eigenvalue weighted by Crippen LogP contribution is 2.21. The molecule has 20 heavy (non-hydrogen) atoms. The van der Waals surface area contributed by atoms with Gasteiger partial charge < -0.3 is 14.6 Å². The topological polar surface area (TPSA) is 39.1 Å². The fourth-order valence-electron chi connectivity index (χ4n) is 2.06. The summed E-state index contributed by atoms with van der Waals surface area (Å²) < 4.78 is 7.92. The van der Waals surface area contributed by atoms with Crippen molar-refractivity contribution in [2.75, 3.05) is 6.54 Å². The van der Waals surface area contributed by atoms with Gasteiger partial charge in [-0.1, -0.05) is 24.6 Å². The lowest BCUT2D eigenvalue weighted by molar-refractivity contribution is 0.293. The van der Waals surface area contributed by atoms with E-state index in [2.05, 4.69) is 42.3 Å². The normalized spacial score (nSPS) is 10.8. The van der Waals surface area contributed by atoms with Crippen molar-refractivity contribution in [1.82, 2.24) is 14.9 Å². The van der Waals surface area contributed by atoms with E-state index < -0.39 is 0 Å². The van der Waals surface area contributed by atoms with Crippen LogP contribution >= 0.6 is 0 Å². The minimum absolute atomic E-state index is 0.542. The highest BCUT2D eigenvalue weighted by Gasteiger charge is 2.06. The van der Waals surface area contributed by atoms with Gasteiger partial charge in [0.25, 0.3) is 0 Å². The van der Waals surface area contributed by atoms with E-state index in [1.807, 2.05) is 17.8 Å². The summed E-state index contributed by atoms with van der Waals surface area (Å²) in [5, 5.41) is 3.43. The van der Waals surface area contributed by atoms with Crippen LogP contribution in [-0.4, -0.2) is 16.1 Å². The number of hydrogen-bond donors (Lipinski definition) is 1. The monoisotopic (exact) mass is 273 g/mol. The Balaban J connectivity index is 2.04. The second kappa shape index (κ2) is 7.10. The number of ether oxygens (including phenoxy) is 1. The molecule has 4 nitrogen and oxygen atoms in total. The second-order valence-electron chi connectivity index (χ2n) is 5.07. The van der Waals surface area contributed by atoms with E-state index in [4.69, 9.17) is 4.74 Å². The van der Waals surface area contributed by atoms with Gasteiger partial charge in [-0.3, -0.25) is 0 Å². The van der Waals surface area contributed by atoms with Gasteiger partial charge in [0.1, 0.15) is 12.4 Å². The molecule has 0 saturated heterocycles. The minimum Gasteiger partial charge on any atom is -0.487 e. The average Bonchev–Trinajstić information content (AvgIpc) is 2.84. The lowest BCUT2D eigenvalue weighted by atomic mass is 10.1. The molecule has 0 atom stereocenters. The van der Waals surface area contributed by atoms with Crippen LogP contribution in [0.2, 0.25) is 0 Å². The molecule has 2 rings (SSSR count). The molecule has 2 aromatic rings. The fraction of sp³-hybridized carbons (Fsp3) is 0.438. The minimum atomic E-state index is 0.542. The van der Waals surface area contributed by atoms with E-state index in [1.54, 1.807) is 6.33 Å². The zero-order chi connectivity index (χ0) is 14.4. The molecule has 0 radical (unpaired) electrons. The van der Waals surface area contributed by atoms with Crippen LogP contribution in [0.1, 0.15) is 30.2 Å². The zero-order valence-electron chi connectivity index (χ0n) is 12.5. The van der Waals surface area contributed by atoms with Crippen LogP contribution in [0.15, 0.2) is 30.7 Å². The first-order valence-electron chi connectivity index (χ1n) is 7.09. The summed E-state index contributed by atoms with van der Waals surface area (Å²) in [6.45, 7) is 6.68. The summed E-state index contributed by atoms with van der Waals surface area (Å²) in [5.41, 5.74) is 3.53. The van der Waals surface area contributed by atoms with Crippen molar-refractivity contribution in [3.8, 4) is 5.75 Å². The van der Waals surface area contributed by atoms with Crippen molar-refractivity contribution < 1.29 is 4.74 Å². The molecule has 0 fully saturated rings. The molecule has 1 aromatic carbocycles. The molecule has 108 valence electrons. The van der Waals surface area contributed by atoms with Gasteiger partial charge in [0, 0.05) is 19.2 Å². The Morgan fingerprint density at radius 2 is 2.20 bits per heavy atom. The highest BCUT2D eigenvalue weighted by atomic mass is 16.5. The molecule has 0 saturated carbocycles. The molecular formula is C16H23N3O. The molecular weight excluding hydrogens is 250 g/mol. The van der Waals surface area contributed by atoms with Crippen molar-refractivity contribution >= 4 is 0 Å². The molecule has 4 heteroatoms. The van der Waals surface area contributed by atoms with Crippen LogP contribution in [0, 0.1) is 6.92 Å². The Bertz CT molecular complexity index is 548. The summed E-state index contributed by atoms with van der Waals surface area (Å²) in [7, 11) is 1.98. The summed E-state index contributed by atoms with van der Waals surface area (Å²) in [4.78, 5) is 4.10. The van der Waals surface area contributed by atoms with Gasteiger partial charge in [0.2, 0.25) is 0 Å². The number of nitrogens with one attached hydrogen (secondary N) is 1. The number of imidazole rings is 1. The first kappa shape index (κ1) is 14.6. The second-order valence-corrected chi connectivity index (χ2v) is 5.07. The van der Waals surface area contributed by atoms with Crippen molar-refractivity contribution in [2.45, 2.75) is 33.4 Å². The van der Waals surface area contributed by atoms with E-state index in [9.17, 15) is 0 Å². The Kier molecular flexibility index (Phi) is 5.18. The Labute approximate surface area is 120 Å². The van der Waals surface area contributed by atoms with E-state index in [-0.39, 0.29) is 0 Å². The van der Waals surface area contributed by atoms with Gasteiger partial charge in [-0.15, -0.1) is 0 Å². The summed E-state index contributed by atoms with van der Waals surface area (Å²) in [5.74, 6) is 0.945. The third-order valence-corrected chi connectivity index (χ3v) is 3.25. The van der Waals surface area contributed by atoms with Gasteiger partial charge in [0.05, 0.1) is 18.2 Å². The number of rotatable bonds is 7. The maximum Gasteiger partial charge on any atom is 0.130 e. The predicted octanol–water partition coefficient (Wildman–Crippen LogP) is 2.81. The Morgan fingerprint density at radius 1 is 1.35 bits per heavy atom. The van der Waals surface area contributed by atoms with Gasteiger partial charge in [0.15, 0.2) is 0 Å². The number of benzene rings is 1. The van der Waals surface area contributed by atoms with E-state index >= 15 is 0 Å². The zero-order valence-corrected chi connectivity index (χ0v) is 12.5. The van der Waals surface area contributed by atoms with E-state index in [1.165, 1.54) is 11.1 Å². The largest absolute Gasteiger partial charge is 0.487 e. The molecule has 0 aliphatic carbocycles. The number of aryl methyl sites for hydroxylation is 2. The van der Waals surface area contributed by atoms with Crippen LogP contribution in [-0.2, 0) is 20.2 Å². The van der Waals surface area contributed by atoms with E-state index in [0.717, 1.165) is 31.0 Å². The summed E-state index contributed by atoms with van der Waals surface area (Å²) >= 11 is 0. The number of hydrogen-bond acceptors (Lipinski definition) is 3. The van der Waals surface area contributed by atoms with E-state index in [0.29, 0.717) is 6.61 Å². The molecule has 0 amide bonds. The first-order valence-corrected chi connectivity index (χ1v) is 7.09. The average molecular weight is 273 g/mol. The molecule has 1 N–H and O–H groups in total. The molecule has 0 aliphatic rings. The maximum atomic E-state index is 5.95. The van der Waals surface area contributed by atoms with Gasteiger partial charge in [-0.25, -0.2) is 4.98 Å². The SMILES string of the molecule is CCCNCc1cc(C)ccc1OCc1cncn1C. The first-order chi connectivity index (χ1) is 9.70. The lowest BCUT2D eigenvalue weighted by Crippen LogP contribution is -2.15. The van der Waals surface area contributed by atoms with Crippen molar-refractivity contribution in [3.05, 3.63) is 47.5 Å². The fourth-order valence-corrected chi connectivity index (χ4v) is 2.06. The predicted molar refractivity (Wildman–Crippen MR) is 80.7 cm³/mol. The third kappa shape index (κ3) is 3.84. The van der Waals surface area contributed by atoms with Gasteiger partial charge in [-0.05, 0) is 26.0 Å². The molecule has 0 unspecified atom stereocenters. The van der Waals surface area contributed by atoms with Crippen LogP contribution < -0.4 is 10.1 Å². The van der Waals surface area contributed by atoms with Crippen LogP contribution in [0.5, 0.6) is 5.75 Å². The van der Waals surface area contributed by atoms with Crippen LogP contribution in [0.3, 0.4) is 0 Å². The van der Waals surface area contributed by atoms with Crippen molar-refractivity contribution in [2.24, 2.45) is 7.05 Å². The smallest absolute Gasteiger partial charge is 0.130 e. The molecule has 1 aromatic heterocycles. The Morgan fingerprint density at radius 3 is 2.90 bits per heavy atom. The number of aromatic nitrogens is 2. The van der Waals surface area contributed by atoms with Crippen LogP contribution in [0.4, 0.5) is 0 Å². The Hall–Kier alpha value is -1.81. The van der Waals surface area contributed by atoms with Gasteiger partial charge >= 0.3 is 0 Å². The van der Waals surface area contributed by atoms with Crippen molar-refractivity contribution in [3.63, 3.8) is 0 Å². The van der Waals surface area contributed by atoms with Crippen LogP contribution in [0.25, 0.3) is 0 Å². The summed E-state index contributed by atoms with van der Waals surface area (Å²) in [6.07, 6.45) is 4.76. The maximum absolute atomic E-state index is 5.95. The quantitative estimate of drug-likeness (QED) is 0.788. The molecule has 0 aliphatic heterocycles. The summed E-state index contributed by atoms with van der Waals surface area (Å²) in [6, 6.07) is 6.32. The number of nitrogens with zero attached hydrogens (tertiary/aromatic N) is 2. The standard InChI is InChI=1S/C16H23N3O/c1-4-7-17-9-14-8-13(2)5-6-16(14)20-11-15-10-18-12-19(15)3/h5-6,8,10,12,17H,4,7,9,11H2,1-3H3. The highest BCUT2D eigenvalue weighted by molar-refractivity contribution is 5.37. The molecule has 1 heterocycles.